The molecule has 0 aliphatic carbocycles. The third-order valence-corrected chi connectivity index (χ3v) is 3.16. The van der Waals surface area contributed by atoms with E-state index in [1.54, 1.807) is 0 Å². The van der Waals surface area contributed by atoms with E-state index in [2.05, 4.69) is 15.9 Å². The topological polar surface area (TPSA) is 44.5 Å². The minimum Gasteiger partial charge on any atom is -0.398 e. The lowest BCUT2D eigenvalue weighted by molar-refractivity contribution is -0.135. The van der Waals surface area contributed by atoms with Gasteiger partial charge in [-0.1, -0.05) is 12.1 Å². The van der Waals surface area contributed by atoms with E-state index in [1.807, 2.05) is 18.2 Å². The van der Waals surface area contributed by atoms with Crippen LogP contribution >= 0.6 is 15.9 Å². The molecular formula is C10H12BrNO2. The zero-order chi connectivity index (χ0) is 9.97. The number of benzene rings is 1. The summed E-state index contributed by atoms with van der Waals surface area (Å²) in [6.45, 7) is 2.00. The number of hydrogen-bond donors (Lipinski definition) is 1. The molecule has 2 N–H and O–H groups in total. The Balaban J connectivity index is 1.97. The molecule has 1 aromatic rings. The Morgan fingerprint density at radius 3 is 2.93 bits per heavy atom. The van der Waals surface area contributed by atoms with Crippen molar-refractivity contribution in [1.29, 1.82) is 0 Å². The third-order valence-electron chi connectivity index (χ3n) is 2.19. The van der Waals surface area contributed by atoms with Crippen molar-refractivity contribution in [3.8, 4) is 0 Å². The number of ether oxygens (including phenoxy) is 2. The van der Waals surface area contributed by atoms with Crippen LogP contribution in [0.1, 0.15) is 5.56 Å². The molecule has 0 radical (unpaired) electrons. The van der Waals surface area contributed by atoms with Gasteiger partial charge in [-0.3, -0.25) is 0 Å². The zero-order valence-corrected chi connectivity index (χ0v) is 9.29. The molecule has 1 aliphatic rings. The molecule has 0 aromatic heterocycles. The lowest BCUT2D eigenvalue weighted by Gasteiger charge is -2.26. The van der Waals surface area contributed by atoms with Crippen LogP contribution in [0.15, 0.2) is 22.7 Å². The second kappa shape index (κ2) is 4.29. The average Bonchev–Trinajstić information content (AvgIpc) is 2.09. The van der Waals surface area contributed by atoms with Gasteiger partial charge < -0.3 is 15.2 Å². The largest absolute Gasteiger partial charge is 0.398 e. The molecule has 1 aromatic carbocycles. The lowest BCUT2D eigenvalue weighted by Crippen LogP contribution is -2.35. The first kappa shape index (κ1) is 9.96. The number of rotatable bonds is 3. The van der Waals surface area contributed by atoms with E-state index < -0.39 is 0 Å². The van der Waals surface area contributed by atoms with Crippen LogP contribution in [0.4, 0.5) is 5.69 Å². The van der Waals surface area contributed by atoms with E-state index >= 15 is 0 Å². The van der Waals surface area contributed by atoms with Crippen LogP contribution in [-0.2, 0) is 16.1 Å². The second-order valence-electron chi connectivity index (χ2n) is 3.29. The van der Waals surface area contributed by atoms with Gasteiger partial charge >= 0.3 is 0 Å². The van der Waals surface area contributed by atoms with Crippen molar-refractivity contribution in [2.75, 3.05) is 18.9 Å². The van der Waals surface area contributed by atoms with Gasteiger partial charge in [-0.15, -0.1) is 0 Å². The fraction of sp³-hybridized carbons (Fsp3) is 0.400. The maximum atomic E-state index is 5.75. The Morgan fingerprint density at radius 2 is 2.29 bits per heavy atom. The quantitative estimate of drug-likeness (QED) is 0.843. The molecule has 2 rings (SSSR count). The molecule has 4 heteroatoms. The first-order valence-electron chi connectivity index (χ1n) is 4.49. The molecule has 0 saturated carbocycles. The maximum absolute atomic E-state index is 5.75. The predicted molar refractivity (Wildman–Crippen MR) is 58.0 cm³/mol. The van der Waals surface area contributed by atoms with Crippen LogP contribution in [-0.4, -0.2) is 19.3 Å². The van der Waals surface area contributed by atoms with Gasteiger partial charge in [0.15, 0.2) is 0 Å². The molecule has 0 atom stereocenters. The predicted octanol–water partition coefficient (Wildman–Crippen LogP) is 1.95. The van der Waals surface area contributed by atoms with Crippen molar-refractivity contribution in [2.24, 2.45) is 0 Å². The smallest absolute Gasteiger partial charge is 0.105 e. The number of anilines is 1. The summed E-state index contributed by atoms with van der Waals surface area (Å²) < 4.78 is 11.5. The highest BCUT2D eigenvalue weighted by Gasteiger charge is 2.19. The maximum Gasteiger partial charge on any atom is 0.105 e. The summed E-state index contributed by atoms with van der Waals surface area (Å²) >= 11 is 3.43. The highest BCUT2D eigenvalue weighted by Crippen LogP contribution is 2.25. The summed E-state index contributed by atoms with van der Waals surface area (Å²) in [4.78, 5) is 0. The Labute approximate surface area is 91.3 Å². The Kier molecular flexibility index (Phi) is 3.05. The first-order chi connectivity index (χ1) is 6.77. The van der Waals surface area contributed by atoms with Crippen LogP contribution in [0.5, 0.6) is 0 Å². The van der Waals surface area contributed by atoms with Gasteiger partial charge in [-0.2, -0.15) is 0 Å². The normalized spacial score (nSPS) is 16.6. The van der Waals surface area contributed by atoms with Crippen molar-refractivity contribution in [3.05, 3.63) is 28.2 Å². The standard InChI is InChI=1S/C10H12BrNO2/c11-10-7(2-1-3-9(10)12)4-14-8-5-13-6-8/h1-3,8H,4-6,12H2. The van der Waals surface area contributed by atoms with Gasteiger partial charge in [0.05, 0.1) is 19.8 Å². The van der Waals surface area contributed by atoms with Crippen LogP contribution < -0.4 is 5.73 Å². The molecule has 0 unspecified atom stereocenters. The summed E-state index contributed by atoms with van der Waals surface area (Å²) in [5.41, 5.74) is 7.57. The van der Waals surface area contributed by atoms with Crippen molar-refractivity contribution in [2.45, 2.75) is 12.7 Å². The van der Waals surface area contributed by atoms with Gasteiger partial charge in [-0.25, -0.2) is 0 Å². The third kappa shape index (κ3) is 2.08. The summed E-state index contributed by atoms with van der Waals surface area (Å²) in [6, 6.07) is 5.79. The van der Waals surface area contributed by atoms with Crippen molar-refractivity contribution >= 4 is 21.6 Å². The second-order valence-corrected chi connectivity index (χ2v) is 4.08. The van der Waals surface area contributed by atoms with Crippen molar-refractivity contribution < 1.29 is 9.47 Å². The Morgan fingerprint density at radius 1 is 1.50 bits per heavy atom. The van der Waals surface area contributed by atoms with E-state index in [4.69, 9.17) is 15.2 Å². The number of halogens is 1. The van der Waals surface area contributed by atoms with Crippen LogP contribution in [0.2, 0.25) is 0 Å². The molecule has 1 aliphatic heterocycles. The fourth-order valence-electron chi connectivity index (χ4n) is 1.23. The van der Waals surface area contributed by atoms with Crippen LogP contribution in [0, 0.1) is 0 Å². The molecule has 1 fully saturated rings. The zero-order valence-electron chi connectivity index (χ0n) is 7.70. The Bertz CT molecular complexity index is 326. The van der Waals surface area contributed by atoms with Crippen LogP contribution in [0.3, 0.4) is 0 Å². The van der Waals surface area contributed by atoms with Gasteiger partial charge in [0.1, 0.15) is 6.10 Å². The highest BCUT2D eigenvalue weighted by molar-refractivity contribution is 9.10. The molecular weight excluding hydrogens is 246 g/mol. The molecule has 14 heavy (non-hydrogen) atoms. The number of hydrogen-bond acceptors (Lipinski definition) is 3. The highest BCUT2D eigenvalue weighted by atomic mass is 79.9. The van der Waals surface area contributed by atoms with Gasteiger partial charge in [0.2, 0.25) is 0 Å². The van der Waals surface area contributed by atoms with Crippen molar-refractivity contribution in [3.63, 3.8) is 0 Å². The molecule has 3 nitrogen and oxygen atoms in total. The Hall–Kier alpha value is -0.580. The molecule has 1 saturated heterocycles. The number of nitrogens with two attached hydrogens (primary N) is 1. The average molecular weight is 258 g/mol. The molecule has 1 heterocycles. The monoisotopic (exact) mass is 257 g/mol. The minimum atomic E-state index is 0.253. The SMILES string of the molecule is Nc1cccc(COC2COC2)c1Br. The lowest BCUT2D eigenvalue weighted by atomic mass is 10.2. The van der Waals surface area contributed by atoms with Gasteiger partial charge in [0.25, 0.3) is 0 Å². The van der Waals surface area contributed by atoms with E-state index in [-0.39, 0.29) is 6.10 Å². The molecule has 0 bridgehead atoms. The minimum absolute atomic E-state index is 0.253. The van der Waals surface area contributed by atoms with Crippen molar-refractivity contribution in [1.82, 2.24) is 0 Å². The summed E-state index contributed by atoms with van der Waals surface area (Å²) in [6.07, 6.45) is 0.253. The molecule has 76 valence electrons. The molecule has 0 amide bonds. The van der Waals surface area contributed by atoms with E-state index in [1.165, 1.54) is 0 Å². The summed E-state index contributed by atoms with van der Waals surface area (Å²) in [7, 11) is 0. The van der Waals surface area contributed by atoms with Gasteiger partial charge in [0, 0.05) is 10.2 Å². The van der Waals surface area contributed by atoms with E-state index in [0.29, 0.717) is 19.8 Å². The first-order valence-corrected chi connectivity index (χ1v) is 5.29. The summed E-state index contributed by atoms with van der Waals surface area (Å²) in [5, 5.41) is 0. The van der Waals surface area contributed by atoms with Crippen LogP contribution in [0.25, 0.3) is 0 Å². The fourth-order valence-corrected chi connectivity index (χ4v) is 1.61. The van der Waals surface area contributed by atoms with E-state index in [0.717, 1.165) is 15.7 Å². The molecule has 0 spiro atoms. The number of nitrogen functional groups attached to an aromatic ring is 1. The van der Waals surface area contributed by atoms with Gasteiger partial charge in [-0.05, 0) is 27.6 Å². The van der Waals surface area contributed by atoms with E-state index in [9.17, 15) is 0 Å². The summed E-state index contributed by atoms with van der Waals surface area (Å²) in [5.74, 6) is 0.